The molecular weight excluding hydrogens is 432 g/mol. The molecule has 32 heavy (non-hydrogen) atoms. The number of aliphatic hydroxyl groups is 1. The average Bonchev–Trinajstić information content (AvgIpc) is 3.68. The fourth-order valence-electron chi connectivity index (χ4n) is 3.84. The van der Waals surface area contributed by atoms with Crippen LogP contribution in [0.4, 0.5) is 5.69 Å². The lowest BCUT2D eigenvalue weighted by Crippen LogP contribution is -2.57. The molecule has 10 heteroatoms. The summed E-state index contributed by atoms with van der Waals surface area (Å²) in [4.78, 5) is 29.6. The van der Waals surface area contributed by atoms with Crippen molar-refractivity contribution in [2.75, 3.05) is 31.6 Å². The van der Waals surface area contributed by atoms with Crippen molar-refractivity contribution in [3.63, 3.8) is 0 Å². The van der Waals surface area contributed by atoms with Crippen molar-refractivity contribution in [1.29, 1.82) is 0 Å². The summed E-state index contributed by atoms with van der Waals surface area (Å²) in [6.45, 7) is 6.19. The molecule has 4 rings (SSSR count). The number of anilines is 1. The van der Waals surface area contributed by atoms with Gasteiger partial charge in [0.2, 0.25) is 22.3 Å². The second-order valence-electron chi connectivity index (χ2n) is 9.25. The van der Waals surface area contributed by atoms with Crippen molar-refractivity contribution in [1.82, 2.24) is 14.5 Å². The van der Waals surface area contributed by atoms with Crippen LogP contribution in [0.3, 0.4) is 0 Å². The molecular formula is C22H30N4O5S. The predicted octanol–water partition coefficient (Wildman–Crippen LogP) is 1.11. The molecule has 9 nitrogen and oxygen atoms in total. The first-order chi connectivity index (χ1) is 15.0. The van der Waals surface area contributed by atoms with E-state index in [0.29, 0.717) is 18.2 Å². The van der Waals surface area contributed by atoms with Gasteiger partial charge < -0.3 is 14.9 Å². The largest absolute Gasteiger partial charge is 0.356 e. The van der Waals surface area contributed by atoms with Crippen LogP contribution in [0, 0.1) is 5.92 Å². The number of fused-ring (bicyclic) bond motifs is 1. The fourth-order valence-corrected chi connectivity index (χ4v) is 5.33. The second-order valence-corrected chi connectivity index (χ2v) is 10.9. The molecule has 0 saturated heterocycles. The van der Waals surface area contributed by atoms with Crippen LogP contribution in [-0.4, -0.2) is 73.7 Å². The molecule has 2 amide bonds. The molecule has 174 valence electrons. The van der Waals surface area contributed by atoms with Gasteiger partial charge in [0.1, 0.15) is 0 Å². The van der Waals surface area contributed by atoms with Gasteiger partial charge in [0.15, 0.2) is 0 Å². The summed E-state index contributed by atoms with van der Waals surface area (Å²) in [6, 6.07) is 4.48. The smallest absolute Gasteiger partial charge is 0.259 e. The van der Waals surface area contributed by atoms with Crippen LogP contribution in [0.2, 0.25) is 0 Å². The maximum absolute atomic E-state index is 13.3. The van der Waals surface area contributed by atoms with Gasteiger partial charge >= 0.3 is 0 Å². The summed E-state index contributed by atoms with van der Waals surface area (Å²) in [7, 11) is -2.18. The number of hydrogen-bond donors (Lipinski definition) is 2. The highest BCUT2D eigenvalue weighted by Gasteiger charge is 2.43. The predicted molar refractivity (Wildman–Crippen MR) is 119 cm³/mol. The zero-order chi connectivity index (χ0) is 23.3. The lowest BCUT2D eigenvalue weighted by Gasteiger charge is -2.43. The number of likely N-dealkylation sites (N-methyl/N-ethyl adjacent to an activating group) is 1. The molecule has 1 aliphatic heterocycles. The van der Waals surface area contributed by atoms with Gasteiger partial charge in [-0.15, -0.1) is 0 Å². The highest BCUT2D eigenvalue weighted by atomic mass is 32.2. The van der Waals surface area contributed by atoms with E-state index in [9.17, 15) is 23.1 Å². The van der Waals surface area contributed by atoms with Crippen LogP contribution in [0.5, 0.6) is 0 Å². The van der Waals surface area contributed by atoms with Crippen molar-refractivity contribution in [2.45, 2.75) is 49.4 Å². The van der Waals surface area contributed by atoms with Crippen LogP contribution in [0.25, 0.3) is 0 Å². The SMILES string of the molecule is C=CC(=O)N(C)CCN1C(=O)c2cc(S(=O)(=O)NC3(C)CC3)ccc2N(CC2CC2)C1O. The molecule has 1 unspecified atom stereocenters. The molecule has 2 aliphatic carbocycles. The minimum absolute atomic E-state index is 0.0272. The van der Waals surface area contributed by atoms with Gasteiger partial charge in [-0.1, -0.05) is 6.58 Å². The average molecular weight is 463 g/mol. The molecule has 1 aromatic rings. The van der Waals surface area contributed by atoms with Crippen LogP contribution in [-0.2, 0) is 14.8 Å². The molecule has 0 spiro atoms. The molecule has 2 saturated carbocycles. The Morgan fingerprint density at radius 3 is 2.62 bits per heavy atom. The van der Waals surface area contributed by atoms with E-state index < -0.39 is 27.8 Å². The number of hydrogen-bond acceptors (Lipinski definition) is 6. The number of rotatable bonds is 9. The Labute approximate surface area is 188 Å². The maximum atomic E-state index is 13.3. The zero-order valence-corrected chi connectivity index (χ0v) is 19.3. The van der Waals surface area contributed by atoms with Crippen molar-refractivity contribution < 1.29 is 23.1 Å². The quantitative estimate of drug-likeness (QED) is 0.532. The van der Waals surface area contributed by atoms with E-state index in [-0.39, 0.29) is 29.5 Å². The highest BCUT2D eigenvalue weighted by Crippen LogP contribution is 2.39. The van der Waals surface area contributed by atoms with Gasteiger partial charge in [0, 0.05) is 32.2 Å². The van der Waals surface area contributed by atoms with E-state index in [4.69, 9.17) is 0 Å². The molecule has 1 aromatic carbocycles. The van der Waals surface area contributed by atoms with Crippen molar-refractivity contribution in [3.05, 3.63) is 36.4 Å². The molecule has 3 aliphatic rings. The number of sulfonamides is 1. The molecule has 1 heterocycles. The third-order valence-corrected chi connectivity index (χ3v) is 8.03. The van der Waals surface area contributed by atoms with Gasteiger partial charge in [0.05, 0.1) is 16.1 Å². The fraction of sp³-hybridized carbons (Fsp3) is 0.545. The minimum atomic E-state index is -3.78. The Kier molecular flexibility index (Phi) is 5.81. The number of aliphatic hydroxyl groups excluding tert-OH is 1. The molecule has 1 atom stereocenters. The van der Waals surface area contributed by atoms with E-state index in [0.717, 1.165) is 25.7 Å². The Balaban J connectivity index is 1.64. The van der Waals surface area contributed by atoms with Crippen molar-refractivity contribution in [2.24, 2.45) is 5.92 Å². The first kappa shape index (κ1) is 22.8. The summed E-state index contributed by atoms with van der Waals surface area (Å²) >= 11 is 0. The van der Waals surface area contributed by atoms with Crippen molar-refractivity contribution >= 4 is 27.5 Å². The van der Waals surface area contributed by atoms with Gasteiger partial charge in [0.25, 0.3) is 5.91 Å². The van der Waals surface area contributed by atoms with E-state index in [1.165, 1.54) is 28.0 Å². The molecule has 2 N–H and O–H groups in total. The number of carbonyl (C=O) groups is 2. The van der Waals surface area contributed by atoms with Gasteiger partial charge in [-0.05, 0) is 62.8 Å². The molecule has 0 bridgehead atoms. The third kappa shape index (κ3) is 4.53. The molecule has 0 aromatic heterocycles. The van der Waals surface area contributed by atoms with Gasteiger partial charge in [-0.3, -0.25) is 14.5 Å². The minimum Gasteiger partial charge on any atom is -0.356 e. The number of amides is 2. The third-order valence-electron chi connectivity index (χ3n) is 6.40. The molecule has 2 fully saturated rings. The Hall–Kier alpha value is -2.43. The van der Waals surface area contributed by atoms with E-state index in [1.807, 2.05) is 6.92 Å². The lowest BCUT2D eigenvalue weighted by atomic mass is 10.1. The number of benzene rings is 1. The summed E-state index contributed by atoms with van der Waals surface area (Å²) in [5.41, 5.74) is 0.330. The van der Waals surface area contributed by atoms with E-state index in [2.05, 4.69) is 11.3 Å². The number of carbonyl (C=O) groups excluding carboxylic acids is 2. The Bertz CT molecular complexity index is 1050. The van der Waals surface area contributed by atoms with Crippen LogP contribution in [0.1, 0.15) is 43.0 Å². The first-order valence-corrected chi connectivity index (χ1v) is 12.3. The van der Waals surface area contributed by atoms with E-state index >= 15 is 0 Å². The number of nitrogens with one attached hydrogen (secondary N) is 1. The molecule has 0 radical (unpaired) electrons. The topological polar surface area (TPSA) is 110 Å². The Morgan fingerprint density at radius 1 is 1.34 bits per heavy atom. The van der Waals surface area contributed by atoms with E-state index in [1.54, 1.807) is 18.0 Å². The summed E-state index contributed by atoms with van der Waals surface area (Å²) in [6.07, 6.45) is 3.67. The second kappa shape index (κ2) is 8.17. The first-order valence-electron chi connectivity index (χ1n) is 10.9. The van der Waals surface area contributed by atoms with Crippen LogP contribution < -0.4 is 9.62 Å². The zero-order valence-electron chi connectivity index (χ0n) is 18.5. The normalized spacial score (nSPS) is 21.8. The highest BCUT2D eigenvalue weighted by molar-refractivity contribution is 7.89. The van der Waals surface area contributed by atoms with Crippen LogP contribution in [0.15, 0.2) is 35.7 Å². The summed E-state index contributed by atoms with van der Waals surface area (Å²) < 4.78 is 28.4. The number of nitrogens with zero attached hydrogens (tertiary/aromatic N) is 3. The monoisotopic (exact) mass is 462 g/mol. The lowest BCUT2D eigenvalue weighted by molar-refractivity contribution is -0.125. The van der Waals surface area contributed by atoms with Crippen molar-refractivity contribution in [3.8, 4) is 0 Å². The van der Waals surface area contributed by atoms with Gasteiger partial charge in [-0.2, -0.15) is 0 Å². The standard InChI is InChI=1S/C22H30N4O5S/c1-4-19(27)24(3)11-12-25-20(28)17-13-16(32(30,31)23-22(2)9-10-22)7-8-18(17)26(21(25)29)14-15-5-6-15/h4,7-8,13,15,21,23,29H,1,5-6,9-12,14H2,2-3H3. The Morgan fingerprint density at radius 2 is 2.03 bits per heavy atom. The van der Waals surface area contributed by atoms with Gasteiger partial charge in [-0.25, -0.2) is 13.1 Å². The maximum Gasteiger partial charge on any atom is 0.259 e. The summed E-state index contributed by atoms with van der Waals surface area (Å²) in [5.74, 6) is -0.321. The van der Waals surface area contributed by atoms with Crippen LogP contribution >= 0.6 is 0 Å². The summed E-state index contributed by atoms with van der Waals surface area (Å²) in [5, 5.41) is 11.0.